The summed E-state index contributed by atoms with van der Waals surface area (Å²) in [6, 6.07) is 0. The van der Waals surface area contributed by atoms with Gasteiger partial charge in [-0.05, 0) is 43.8 Å². The van der Waals surface area contributed by atoms with Crippen LogP contribution in [0.3, 0.4) is 0 Å². The van der Waals surface area contributed by atoms with Crippen molar-refractivity contribution in [1.82, 2.24) is 0 Å². The standard InChI is InChI=1S/C14H28O2Si/c1-14(2,3)17(4,5)16-13-11-9-7-6-8-10-12(13)15/h6-7,12-13,15H,8-11H2,1-5H3/b7-6-/t12-,13+/m0/s1. The van der Waals surface area contributed by atoms with E-state index in [9.17, 15) is 5.11 Å². The van der Waals surface area contributed by atoms with E-state index in [1.807, 2.05) is 0 Å². The Balaban J connectivity index is 2.68. The second kappa shape index (κ2) is 5.68. The number of hydrogen-bond acceptors (Lipinski definition) is 2. The first-order valence-corrected chi connectivity index (χ1v) is 9.66. The first-order valence-electron chi connectivity index (χ1n) is 6.75. The van der Waals surface area contributed by atoms with Crippen LogP contribution in [0.1, 0.15) is 46.5 Å². The van der Waals surface area contributed by atoms with Gasteiger partial charge in [-0.25, -0.2) is 0 Å². The Morgan fingerprint density at radius 2 is 1.65 bits per heavy atom. The van der Waals surface area contributed by atoms with E-state index in [1.165, 1.54) is 0 Å². The van der Waals surface area contributed by atoms with Crippen LogP contribution in [-0.2, 0) is 4.43 Å². The topological polar surface area (TPSA) is 29.5 Å². The molecule has 0 spiro atoms. The third-order valence-electron chi connectivity index (χ3n) is 4.09. The maximum Gasteiger partial charge on any atom is 0.192 e. The molecule has 0 heterocycles. The molecule has 0 bridgehead atoms. The molecule has 2 nitrogen and oxygen atoms in total. The van der Waals surface area contributed by atoms with Gasteiger partial charge in [0.1, 0.15) is 0 Å². The Hall–Kier alpha value is -0.123. The van der Waals surface area contributed by atoms with Gasteiger partial charge in [0.25, 0.3) is 0 Å². The zero-order chi connectivity index (χ0) is 13.1. The summed E-state index contributed by atoms with van der Waals surface area (Å²) in [6.07, 6.45) is 7.89. The molecule has 0 radical (unpaired) electrons. The molecule has 0 aromatic carbocycles. The molecule has 0 aromatic rings. The fourth-order valence-electron chi connectivity index (χ4n) is 1.83. The predicted molar refractivity (Wildman–Crippen MR) is 75.7 cm³/mol. The average molecular weight is 256 g/mol. The van der Waals surface area contributed by atoms with E-state index in [0.29, 0.717) is 0 Å². The number of aliphatic hydroxyl groups is 1. The quantitative estimate of drug-likeness (QED) is 0.600. The van der Waals surface area contributed by atoms with Crippen molar-refractivity contribution < 1.29 is 9.53 Å². The lowest BCUT2D eigenvalue weighted by molar-refractivity contribution is 0.0178. The number of rotatable bonds is 2. The molecule has 2 atom stereocenters. The highest BCUT2D eigenvalue weighted by atomic mass is 28.4. The average Bonchev–Trinajstić information content (AvgIpc) is 2.16. The highest BCUT2D eigenvalue weighted by molar-refractivity contribution is 6.74. The summed E-state index contributed by atoms with van der Waals surface area (Å²) in [7, 11) is -1.76. The van der Waals surface area contributed by atoms with Gasteiger partial charge in [-0.2, -0.15) is 0 Å². The zero-order valence-electron chi connectivity index (χ0n) is 12.0. The van der Waals surface area contributed by atoms with Gasteiger partial charge in [0.2, 0.25) is 0 Å². The largest absolute Gasteiger partial charge is 0.411 e. The summed E-state index contributed by atoms with van der Waals surface area (Å²) in [5, 5.41) is 10.4. The predicted octanol–water partition coefficient (Wildman–Crippen LogP) is 3.87. The Kier molecular flexibility index (Phi) is 4.99. The molecule has 1 aliphatic carbocycles. The third-order valence-corrected chi connectivity index (χ3v) is 8.60. The molecule has 0 saturated heterocycles. The third kappa shape index (κ3) is 4.23. The molecule has 0 unspecified atom stereocenters. The van der Waals surface area contributed by atoms with Crippen molar-refractivity contribution in [3.05, 3.63) is 12.2 Å². The maximum atomic E-state index is 10.2. The summed E-state index contributed by atoms with van der Waals surface area (Å²) >= 11 is 0. The molecular formula is C14H28O2Si. The van der Waals surface area contributed by atoms with Gasteiger partial charge in [0.15, 0.2) is 8.32 Å². The molecule has 0 amide bonds. The lowest BCUT2D eigenvalue weighted by Crippen LogP contribution is -2.47. The van der Waals surface area contributed by atoms with Gasteiger partial charge in [-0.1, -0.05) is 32.9 Å². The fourth-order valence-corrected chi connectivity index (χ4v) is 3.22. The summed E-state index contributed by atoms with van der Waals surface area (Å²) in [5.74, 6) is 0. The van der Waals surface area contributed by atoms with Gasteiger partial charge in [0.05, 0.1) is 12.2 Å². The SMILES string of the molecule is CC(C)(C)[Si](C)(C)O[C@@H]1CC/C=C\CC[C@@H]1O. The molecular weight excluding hydrogens is 228 g/mol. The van der Waals surface area contributed by atoms with E-state index in [-0.39, 0.29) is 17.2 Å². The van der Waals surface area contributed by atoms with Crippen molar-refractivity contribution in [1.29, 1.82) is 0 Å². The van der Waals surface area contributed by atoms with Crippen LogP contribution in [0.25, 0.3) is 0 Å². The van der Waals surface area contributed by atoms with Crippen molar-refractivity contribution >= 4 is 8.32 Å². The molecule has 1 aliphatic rings. The van der Waals surface area contributed by atoms with Crippen LogP contribution in [0.5, 0.6) is 0 Å². The summed E-state index contributed by atoms with van der Waals surface area (Å²) in [5.41, 5.74) is 0. The van der Waals surface area contributed by atoms with Gasteiger partial charge in [-0.15, -0.1) is 0 Å². The van der Waals surface area contributed by atoms with E-state index in [0.717, 1.165) is 25.7 Å². The summed E-state index contributed by atoms with van der Waals surface area (Å²) < 4.78 is 6.35. The number of aliphatic hydroxyl groups excluding tert-OH is 1. The maximum absolute atomic E-state index is 10.2. The van der Waals surface area contributed by atoms with Crippen LogP contribution in [0.15, 0.2) is 12.2 Å². The second-order valence-electron chi connectivity index (χ2n) is 6.61. The molecule has 0 fully saturated rings. The smallest absolute Gasteiger partial charge is 0.192 e. The van der Waals surface area contributed by atoms with Gasteiger partial charge >= 0.3 is 0 Å². The van der Waals surface area contributed by atoms with Crippen LogP contribution in [0.2, 0.25) is 18.1 Å². The molecule has 0 aromatic heterocycles. The Bertz CT molecular complexity index is 266. The molecule has 1 N–H and O–H groups in total. The highest BCUT2D eigenvalue weighted by Crippen LogP contribution is 2.38. The summed E-state index contributed by atoms with van der Waals surface area (Å²) in [6.45, 7) is 11.2. The van der Waals surface area contributed by atoms with Crippen molar-refractivity contribution in [3.63, 3.8) is 0 Å². The van der Waals surface area contributed by atoms with E-state index in [2.05, 4.69) is 46.0 Å². The lowest BCUT2D eigenvalue weighted by atomic mass is 10.0. The van der Waals surface area contributed by atoms with Crippen LogP contribution >= 0.6 is 0 Å². The summed E-state index contributed by atoms with van der Waals surface area (Å²) in [4.78, 5) is 0. The van der Waals surface area contributed by atoms with E-state index in [4.69, 9.17) is 4.43 Å². The minimum absolute atomic E-state index is 0.0286. The molecule has 17 heavy (non-hydrogen) atoms. The Morgan fingerprint density at radius 3 is 2.18 bits per heavy atom. The first kappa shape index (κ1) is 14.9. The number of allylic oxidation sites excluding steroid dienone is 2. The van der Waals surface area contributed by atoms with Gasteiger partial charge < -0.3 is 9.53 Å². The van der Waals surface area contributed by atoms with E-state index >= 15 is 0 Å². The van der Waals surface area contributed by atoms with Crippen LogP contribution in [0.4, 0.5) is 0 Å². The van der Waals surface area contributed by atoms with Crippen molar-refractivity contribution in [2.45, 2.75) is 76.8 Å². The van der Waals surface area contributed by atoms with Crippen LogP contribution in [0, 0.1) is 0 Å². The Morgan fingerprint density at radius 1 is 1.12 bits per heavy atom. The first-order chi connectivity index (χ1) is 7.74. The highest BCUT2D eigenvalue weighted by Gasteiger charge is 2.40. The number of hydrogen-bond donors (Lipinski definition) is 1. The van der Waals surface area contributed by atoms with Crippen molar-refractivity contribution in [2.75, 3.05) is 0 Å². The van der Waals surface area contributed by atoms with Crippen molar-refractivity contribution in [3.8, 4) is 0 Å². The second-order valence-corrected chi connectivity index (χ2v) is 11.4. The van der Waals surface area contributed by atoms with E-state index in [1.54, 1.807) is 0 Å². The zero-order valence-corrected chi connectivity index (χ0v) is 13.0. The molecule has 3 heteroatoms. The molecule has 100 valence electrons. The van der Waals surface area contributed by atoms with Gasteiger partial charge in [-0.3, -0.25) is 0 Å². The van der Waals surface area contributed by atoms with Gasteiger partial charge in [0, 0.05) is 0 Å². The van der Waals surface area contributed by atoms with E-state index < -0.39 is 8.32 Å². The molecule has 1 rings (SSSR count). The molecule has 0 aliphatic heterocycles. The Labute approximate surface area is 107 Å². The van der Waals surface area contributed by atoms with Crippen LogP contribution < -0.4 is 0 Å². The normalized spacial score (nSPS) is 29.5. The monoisotopic (exact) mass is 256 g/mol. The minimum Gasteiger partial charge on any atom is -0.411 e. The van der Waals surface area contributed by atoms with Crippen LogP contribution in [-0.4, -0.2) is 25.6 Å². The lowest BCUT2D eigenvalue weighted by Gasteiger charge is -2.40. The van der Waals surface area contributed by atoms with Crippen molar-refractivity contribution in [2.24, 2.45) is 0 Å². The molecule has 0 saturated carbocycles. The fraction of sp³-hybridized carbons (Fsp3) is 0.857. The minimum atomic E-state index is -1.76.